The Bertz CT molecular complexity index is 1180. The minimum Gasteiger partial charge on any atom is -0.246 e. The largest absolute Gasteiger partial charge is 0.246 e. The summed E-state index contributed by atoms with van der Waals surface area (Å²) in [5.41, 5.74) is 0.852. The fraction of sp³-hybridized carbons (Fsp3) is 0.120. The van der Waals surface area contributed by atoms with Gasteiger partial charge in [-0.05, 0) is 66.9 Å². The van der Waals surface area contributed by atoms with E-state index in [-0.39, 0.29) is 22.1 Å². The third-order valence-corrected chi connectivity index (χ3v) is 9.31. The van der Waals surface area contributed by atoms with E-state index in [9.17, 15) is 8.78 Å². The van der Waals surface area contributed by atoms with Gasteiger partial charge in [0.2, 0.25) is 0 Å². The van der Waals surface area contributed by atoms with E-state index in [4.69, 9.17) is 16.6 Å². The van der Waals surface area contributed by atoms with Crippen LogP contribution in [0.25, 0.3) is 0 Å². The van der Waals surface area contributed by atoms with Crippen LogP contribution in [0.15, 0.2) is 99.8 Å². The normalized spacial score (nSPS) is 12.8. The van der Waals surface area contributed by atoms with E-state index in [1.807, 2.05) is 36.6 Å². The molecule has 1 aromatic heterocycles. The Morgan fingerprint density at radius 1 is 0.882 bits per heavy atom. The molecule has 0 saturated carbocycles. The SMILES string of the molecule is CSC(=Nc1ccccc1)C(c1cnc(Cl)s1)C(Sc1ccc(F)cc1)Sc1ccc(F)cc1. The van der Waals surface area contributed by atoms with Gasteiger partial charge in [0.15, 0.2) is 4.47 Å². The highest BCUT2D eigenvalue weighted by atomic mass is 35.5. The molecule has 0 fully saturated rings. The van der Waals surface area contributed by atoms with Gasteiger partial charge in [-0.1, -0.05) is 29.8 Å². The van der Waals surface area contributed by atoms with Crippen molar-refractivity contribution in [2.45, 2.75) is 20.3 Å². The molecule has 0 aliphatic rings. The summed E-state index contributed by atoms with van der Waals surface area (Å²) < 4.78 is 27.5. The predicted octanol–water partition coefficient (Wildman–Crippen LogP) is 9.16. The zero-order chi connectivity index (χ0) is 23.9. The zero-order valence-corrected chi connectivity index (χ0v) is 21.9. The molecule has 0 spiro atoms. The molecule has 1 unspecified atom stereocenters. The summed E-state index contributed by atoms with van der Waals surface area (Å²) >= 11 is 12.4. The van der Waals surface area contributed by atoms with Crippen molar-refractivity contribution in [3.8, 4) is 0 Å². The Balaban J connectivity index is 1.79. The Labute approximate surface area is 219 Å². The van der Waals surface area contributed by atoms with Crippen molar-refractivity contribution in [1.29, 1.82) is 0 Å². The molecule has 0 bridgehead atoms. The second-order valence-corrected chi connectivity index (χ2v) is 12.2. The molecule has 0 aliphatic carbocycles. The monoisotopic (exact) mass is 548 g/mol. The molecule has 0 radical (unpaired) electrons. The van der Waals surface area contributed by atoms with Crippen LogP contribution in [-0.4, -0.2) is 20.9 Å². The maximum atomic E-state index is 13.6. The fourth-order valence-corrected chi connectivity index (χ4v) is 8.14. The maximum Gasteiger partial charge on any atom is 0.183 e. The summed E-state index contributed by atoms with van der Waals surface area (Å²) in [5.74, 6) is -0.730. The number of hydrogen-bond acceptors (Lipinski definition) is 6. The van der Waals surface area contributed by atoms with Gasteiger partial charge in [0, 0.05) is 20.9 Å². The lowest BCUT2D eigenvalue weighted by Gasteiger charge is -2.26. The van der Waals surface area contributed by atoms with Crippen LogP contribution in [0.1, 0.15) is 10.8 Å². The van der Waals surface area contributed by atoms with E-state index < -0.39 is 0 Å². The van der Waals surface area contributed by atoms with Gasteiger partial charge < -0.3 is 0 Å². The molecule has 4 aromatic rings. The van der Waals surface area contributed by atoms with Crippen LogP contribution in [0.5, 0.6) is 0 Å². The third kappa shape index (κ3) is 6.86. The summed E-state index contributed by atoms with van der Waals surface area (Å²) in [7, 11) is 0. The quantitative estimate of drug-likeness (QED) is 0.0948. The highest BCUT2D eigenvalue weighted by Gasteiger charge is 2.32. The van der Waals surface area contributed by atoms with Crippen molar-refractivity contribution in [3.63, 3.8) is 0 Å². The lowest BCUT2D eigenvalue weighted by atomic mass is 10.1. The fourth-order valence-electron chi connectivity index (χ4n) is 3.11. The van der Waals surface area contributed by atoms with Crippen LogP contribution in [0.4, 0.5) is 14.5 Å². The standard InChI is InChI=1S/C25H19ClF2N2S4/c1-31-23(30-18-5-3-2-4-6-18)22(21-15-29-25(26)34-21)24(32-19-11-7-16(27)8-12-19)33-20-13-9-17(28)10-14-20/h2-15,22,24H,1H3. The first kappa shape index (κ1) is 25.3. The molecule has 34 heavy (non-hydrogen) atoms. The number of benzene rings is 3. The molecule has 174 valence electrons. The van der Waals surface area contributed by atoms with Crippen molar-refractivity contribution in [2.24, 2.45) is 4.99 Å². The first-order valence-electron chi connectivity index (χ1n) is 10.1. The van der Waals surface area contributed by atoms with Crippen LogP contribution >= 0.6 is 58.2 Å². The number of rotatable bonds is 8. The van der Waals surface area contributed by atoms with E-state index in [2.05, 4.69) is 4.98 Å². The predicted molar refractivity (Wildman–Crippen MR) is 145 cm³/mol. The first-order valence-corrected chi connectivity index (χ1v) is 14.3. The molecule has 3 aromatic carbocycles. The number of hydrogen-bond donors (Lipinski definition) is 0. The van der Waals surface area contributed by atoms with Crippen LogP contribution < -0.4 is 0 Å². The van der Waals surface area contributed by atoms with Crippen molar-refractivity contribution < 1.29 is 8.78 Å². The molecule has 0 aliphatic heterocycles. The second kappa shape index (κ2) is 12.2. The molecule has 9 heteroatoms. The number of aliphatic imine (C=N–C) groups is 1. The minimum absolute atomic E-state index is 0.109. The number of aromatic nitrogens is 1. The number of halogens is 3. The van der Waals surface area contributed by atoms with E-state index >= 15 is 0 Å². The van der Waals surface area contributed by atoms with Gasteiger partial charge in [0.1, 0.15) is 11.6 Å². The van der Waals surface area contributed by atoms with Crippen molar-refractivity contribution in [2.75, 3.05) is 6.26 Å². The number of nitrogens with zero attached hydrogens (tertiary/aromatic N) is 2. The molecular weight excluding hydrogens is 530 g/mol. The highest BCUT2D eigenvalue weighted by Crippen LogP contribution is 2.47. The van der Waals surface area contributed by atoms with Crippen LogP contribution in [0, 0.1) is 11.6 Å². The summed E-state index contributed by atoms with van der Waals surface area (Å²) in [4.78, 5) is 12.1. The van der Waals surface area contributed by atoms with E-state index in [1.54, 1.807) is 65.7 Å². The zero-order valence-electron chi connectivity index (χ0n) is 17.9. The van der Waals surface area contributed by atoms with Crippen molar-refractivity contribution >= 4 is 69.0 Å². The molecule has 0 N–H and O–H groups in total. The molecule has 4 rings (SSSR count). The van der Waals surface area contributed by atoms with Crippen LogP contribution in [0.2, 0.25) is 4.47 Å². The first-order chi connectivity index (χ1) is 16.5. The highest BCUT2D eigenvalue weighted by molar-refractivity contribution is 8.18. The second-order valence-electron chi connectivity index (χ2n) is 6.99. The van der Waals surface area contributed by atoms with Crippen LogP contribution in [0.3, 0.4) is 0 Å². The van der Waals surface area contributed by atoms with Gasteiger partial charge in [0.25, 0.3) is 0 Å². The molecule has 2 nitrogen and oxygen atoms in total. The molecular formula is C25H19ClF2N2S4. The summed E-state index contributed by atoms with van der Waals surface area (Å²) in [6.07, 6.45) is 3.79. The third-order valence-electron chi connectivity index (χ3n) is 4.68. The molecule has 1 heterocycles. The molecule has 1 atom stereocenters. The summed E-state index contributed by atoms with van der Waals surface area (Å²) in [6.45, 7) is 0. The van der Waals surface area contributed by atoms with Crippen LogP contribution in [-0.2, 0) is 0 Å². The average molecular weight is 549 g/mol. The summed E-state index contributed by atoms with van der Waals surface area (Å²) in [5, 5.41) is 0.903. The van der Waals surface area contributed by atoms with Gasteiger partial charge in [0.05, 0.1) is 21.2 Å². The number of para-hydroxylation sites is 1. The topological polar surface area (TPSA) is 25.2 Å². The van der Waals surface area contributed by atoms with E-state index in [0.29, 0.717) is 4.47 Å². The van der Waals surface area contributed by atoms with Gasteiger partial charge in [-0.25, -0.2) is 18.8 Å². The smallest absolute Gasteiger partial charge is 0.183 e. The Kier molecular flexibility index (Phi) is 9.08. The van der Waals surface area contributed by atoms with Gasteiger partial charge >= 0.3 is 0 Å². The lowest BCUT2D eigenvalue weighted by Crippen LogP contribution is -2.19. The lowest BCUT2D eigenvalue weighted by molar-refractivity contribution is 0.626. The maximum absolute atomic E-state index is 13.6. The Morgan fingerprint density at radius 3 is 1.91 bits per heavy atom. The summed E-state index contributed by atoms with van der Waals surface area (Å²) in [6, 6.07) is 22.7. The van der Waals surface area contributed by atoms with Crippen molar-refractivity contribution in [3.05, 3.63) is 106 Å². The molecule has 0 saturated heterocycles. The van der Waals surface area contributed by atoms with Gasteiger partial charge in [-0.15, -0.1) is 46.6 Å². The number of thioether (sulfide) groups is 3. The average Bonchev–Trinajstić information content (AvgIpc) is 3.27. The van der Waals surface area contributed by atoms with Crippen molar-refractivity contribution in [1.82, 2.24) is 4.98 Å². The van der Waals surface area contributed by atoms with E-state index in [0.717, 1.165) is 25.4 Å². The van der Waals surface area contributed by atoms with E-state index in [1.165, 1.54) is 35.6 Å². The van der Waals surface area contributed by atoms with Gasteiger partial charge in [-0.2, -0.15) is 0 Å². The Hall–Kier alpha value is -1.84. The molecule has 0 amide bonds. The minimum atomic E-state index is -0.284. The van der Waals surface area contributed by atoms with Gasteiger partial charge in [-0.3, -0.25) is 0 Å². The Morgan fingerprint density at radius 2 is 1.44 bits per heavy atom. The number of thiazole rings is 1.